The lowest BCUT2D eigenvalue weighted by Crippen LogP contribution is -2.52. The fourth-order valence-electron chi connectivity index (χ4n) is 1.69. The van der Waals surface area contributed by atoms with Crippen LogP contribution >= 0.6 is 0 Å². The molecule has 0 spiro atoms. The fourth-order valence-corrected chi connectivity index (χ4v) is 1.69. The van der Waals surface area contributed by atoms with E-state index in [1.54, 1.807) is 0 Å². The molecule has 1 aromatic carbocycles. The van der Waals surface area contributed by atoms with Gasteiger partial charge >= 0.3 is 12.0 Å². The van der Waals surface area contributed by atoms with Crippen molar-refractivity contribution in [3.63, 3.8) is 0 Å². The molecule has 20 heavy (non-hydrogen) atoms. The van der Waals surface area contributed by atoms with Gasteiger partial charge in [0.15, 0.2) is 0 Å². The van der Waals surface area contributed by atoms with Gasteiger partial charge in [-0.25, -0.2) is 9.59 Å². The van der Waals surface area contributed by atoms with Gasteiger partial charge in [-0.2, -0.15) is 0 Å². The third kappa shape index (κ3) is 4.91. The van der Waals surface area contributed by atoms with Crippen LogP contribution in [0.4, 0.5) is 4.79 Å². The smallest absolute Gasteiger partial charge is 0.326 e. The Morgan fingerprint density at radius 1 is 1.25 bits per heavy atom. The molecule has 0 aromatic heterocycles. The first-order chi connectivity index (χ1) is 9.20. The zero-order valence-electron chi connectivity index (χ0n) is 12.4. The number of nitrogens with one attached hydrogen (secondary N) is 1. The molecule has 0 aliphatic rings. The third-order valence-electron chi connectivity index (χ3n) is 2.76. The van der Waals surface area contributed by atoms with E-state index in [0.717, 1.165) is 5.56 Å². The lowest BCUT2D eigenvalue weighted by Gasteiger charge is -2.31. The average molecular weight is 278 g/mol. The molecule has 5 nitrogen and oxygen atoms in total. The average Bonchev–Trinajstić information content (AvgIpc) is 2.34. The zero-order chi connectivity index (χ0) is 15.3. The molecule has 2 N–H and O–H groups in total. The Bertz CT molecular complexity index is 466. The number of nitrogens with zero attached hydrogens (tertiary/aromatic N) is 1. The van der Waals surface area contributed by atoms with Crippen LogP contribution in [-0.4, -0.2) is 33.6 Å². The van der Waals surface area contributed by atoms with Crippen LogP contribution in [0.1, 0.15) is 33.3 Å². The second-order valence-corrected chi connectivity index (χ2v) is 5.81. The molecule has 1 atom stereocenters. The Morgan fingerprint density at radius 3 is 2.25 bits per heavy atom. The van der Waals surface area contributed by atoms with Crippen molar-refractivity contribution in [1.29, 1.82) is 0 Å². The summed E-state index contributed by atoms with van der Waals surface area (Å²) in [6.45, 7) is 7.34. The highest BCUT2D eigenvalue weighted by Gasteiger charge is 2.27. The lowest BCUT2D eigenvalue weighted by molar-refractivity contribution is -0.141. The molecule has 5 heteroatoms. The summed E-state index contributed by atoms with van der Waals surface area (Å²) >= 11 is 0. The second kappa shape index (κ2) is 6.41. The standard InChI is InChI=1S/C15H22N2O3/c1-11(13(18)19)17(14(20)16-15(2,3)4)10-12-8-6-5-7-9-12/h5-9,11H,10H2,1-4H3,(H,16,20)(H,18,19). The van der Waals surface area contributed by atoms with Crippen molar-refractivity contribution in [1.82, 2.24) is 10.2 Å². The van der Waals surface area contributed by atoms with Gasteiger partial charge in [0.25, 0.3) is 0 Å². The van der Waals surface area contributed by atoms with E-state index >= 15 is 0 Å². The topological polar surface area (TPSA) is 69.6 Å². The number of rotatable bonds is 4. The third-order valence-corrected chi connectivity index (χ3v) is 2.76. The van der Waals surface area contributed by atoms with Crippen LogP contribution in [0.25, 0.3) is 0 Å². The van der Waals surface area contributed by atoms with E-state index in [-0.39, 0.29) is 12.6 Å². The number of urea groups is 1. The highest BCUT2D eigenvalue weighted by atomic mass is 16.4. The number of hydrogen-bond donors (Lipinski definition) is 2. The molecule has 0 aliphatic carbocycles. The normalized spacial score (nSPS) is 12.6. The summed E-state index contributed by atoms with van der Waals surface area (Å²) in [5.74, 6) is -1.02. The van der Waals surface area contributed by atoms with Crippen LogP contribution in [0.15, 0.2) is 30.3 Å². The van der Waals surface area contributed by atoms with Crippen molar-refractivity contribution in [3.8, 4) is 0 Å². The van der Waals surface area contributed by atoms with E-state index in [2.05, 4.69) is 5.32 Å². The number of aliphatic carboxylic acids is 1. The number of carboxylic acid groups (broad SMARTS) is 1. The number of hydrogen-bond acceptors (Lipinski definition) is 2. The van der Waals surface area contributed by atoms with Crippen molar-refractivity contribution in [2.75, 3.05) is 0 Å². The van der Waals surface area contributed by atoms with Gasteiger partial charge in [0.1, 0.15) is 6.04 Å². The molecule has 1 unspecified atom stereocenters. The molecular formula is C15H22N2O3. The van der Waals surface area contributed by atoms with Crippen molar-refractivity contribution in [2.24, 2.45) is 0 Å². The van der Waals surface area contributed by atoms with E-state index in [1.165, 1.54) is 11.8 Å². The molecule has 0 saturated heterocycles. The van der Waals surface area contributed by atoms with Gasteiger partial charge in [-0.3, -0.25) is 0 Å². The summed E-state index contributed by atoms with van der Waals surface area (Å²) < 4.78 is 0. The van der Waals surface area contributed by atoms with Gasteiger partial charge in [-0.05, 0) is 33.3 Å². The first-order valence-electron chi connectivity index (χ1n) is 6.56. The monoisotopic (exact) mass is 278 g/mol. The molecule has 110 valence electrons. The van der Waals surface area contributed by atoms with Crippen LogP contribution in [-0.2, 0) is 11.3 Å². The van der Waals surface area contributed by atoms with Crippen LogP contribution in [0, 0.1) is 0 Å². The van der Waals surface area contributed by atoms with E-state index in [4.69, 9.17) is 5.11 Å². The van der Waals surface area contributed by atoms with Crippen LogP contribution in [0.3, 0.4) is 0 Å². The molecule has 0 saturated carbocycles. The van der Waals surface area contributed by atoms with Crippen LogP contribution in [0.2, 0.25) is 0 Å². The van der Waals surface area contributed by atoms with E-state index < -0.39 is 17.6 Å². The van der Waals surface area contributed by atoms with Crippen molar-refractivity contribution in [2.45, 2.75) is 45.8 Å². The molecule has 1 rings (SSSR count). The van der Waals surface area contributed by atoms with E-state index in [0.29, 0.717) is 0 Å². The highest BCUT2D eigenvalue weighted by Crippen LogP contribution is 2.11. The Morgan fingerprint density at radius 2 is 1.80 bits per heavy atom. The zero-order valence-corrected chi connectivity index (χ0v) is 12.4. The minimum atomic E-state index is -1.02. The predicted octanol–water partition coefficient (Wildman–Crippen LogP) is 2.47. The highest BCUT2D eigenvalue weighted by molar-refractivity contribution is 5.82. The largest absolute Gasteiger partial charge is 0.480 e. The summed E-state index contributed by atoms with van der Waals surface area (Å²) in [6.07, 6.45) is 0. The van der Waals surface area contributed by atoms with Crippen molar-refractivity contribution in [3.05, 3.63) is 35.9 Å². The molecule has 0 aliphatic heterocycles. The first-order valence-corrected chi connectivity index (χ1v) is 6.56. The summed E-state index contributed by atoms with van der Waals surface area (Å²) in [7, 11) is 0. The van der Waals surface area contributed by atoms with Gasteiger partial charge in [0.2, 0.25) is 0 Å². The van der Waals surface area contributed by atoms with Gasteiger partial charge in [0.05, 0.1) is 0 Å². The number of carbonyl (C=O) groups excluding carboxylic acids is 1. The number of amides is 2. The van der Waals surface area contributed by atoms with Gasteiger partial charge in [0, 0.05) is 12.1 Å². The van der Waals surface area contributed by atoms with E-state index in [1.807, 2.05) is 51.1 Å². The number of carboxylic acids is 1. The maximum atomic E-state index is 12.3. The van der Waals surface area contributed by atoms with E-state index in [9.17, 15) is 9.59 Å². The van der Waals surface area contributed by atoms with Gasteiger partial charge < -0.3 is 15.3 Å². The minimum absolute atomic E-state index is 0.260. The van der Waals surface area contributed by atoms with Crippen LogP contribution < -0.4 is 5.32 Å². The maximum absolute atomic E-state index is 12.3. The van der Waals surface area contributed by atoms with Crippen molar-refractivity contribution >= 4 is 12.0 Å². The minimum Gasteiger partial charge on any atom is -0.480 e. The first kappa shape index (κ1) is 16.0. The summed E-state index contributed by atoms with van der Waals surface area (Å²) in [4.78, 5) is 24.8. The molecule has 2 amide bonds. The summed E-state index contributed by atoms with van der Waals surface area (Å²) in [5, 5.41) is 12.0. The van der Waals surface area contributed by atoms with Gasteiger partial charge in [-0.1, -0.05) is 30.3 Å². The molecule has 0 radical (unpaired) electrons. The second-order valence-electron chi connectivity index (χ2n) is 5.81. The Kier molecular flexibility index (Phi) is 5.13. The maximum Gasteiger partial charge on any atom is 0.326 e. The Balaban J connectivity index is 2.91. The number of carbonyl (C=O) groups is 2. The molecule has 0 bridgehead atoms. The lowest BCUT2D eigenvalue weighted by atomic mass is 10.1. The molecule has 0 heterocycles. The number of benzene rings is 1. The Hall–Kier alpha value is -2.04. The van der Waals surface area contributed by atoms with Crippen molar-refractivity contribution < 1.29 is 14.7 Å². The fraction of sp³-hybridized carbons (Fsp3) is 0.467. The predicted molar refractivity (Wildman–Crippen MR) is 77.4 cm³/mol. The quantitative estimate of drug-likeness (QED) is 0.889. The summed E-state index contributed by atoms with van der Waals surface area (Å²) in [5.41, 5.74) is 0.481. The Labute approximate surface area is 119 Å². The molecular weight excluding hydrogens is 256 g/mol. The SMILES string of the molecule is CC(C(=O)O)N(Cc1ccccc1)C(=O)NC(C)(C)C. The van der Waals surface area contributed by atoms with Gasteiger partial charge in [-0.15, -0.1) is 0 Å². The summed E-state index contributed by atoms with van der Waals surface area (Å²) in [6, 6.07) is 8.07. The molecule has 0 fully saturated rings. The van der Waals surface area contributed by atoms with Crippen LogP contribution in [0.5, 0.6) is 0 Å². The molecule has 1 aromatic rings.